The molecule has 4 saturated carbocycles. The average molecular weight is 407 g/mol. The van der Waals surface area contributed by atoms with Gasteiger partial charge in [-0.2, -0.15) is 0 Å². The van der Waals surface area contributed by atoms with Crippen LogP contribution in [0.5, 0.6) is 0 Å². The summed E-state index contributed by atoms with van der Waals surface area (Å²) in [5, 5.41) is 10.3. The second kappa shape index (κ2) is 8.81. The number of hydrogen-bond donors (Lipinski definition) is 1. The van der Waals surface area contributed by atoms with Crippen LogP contribution < -0.4 is 0 Å². The first-order valence-electron chi connectivity index (χ1n) is 12.9. The van der Waals surface area contributed by atoms with Gasteiger partial charge in [-0.05, 0) is 110 Å². The van der Waals surface area contributed by atoms with Crippen LogP contribution in [0.2, 0.25) is 0 Å². The molecule has 0 unspecified atom stereocenters. The fourth-order valence-electron chi connectivity index (χ4n) is 9.26. The van der Waals surface area contributed by atoms with E-state index in [1.165, 1.54) is 64.2 Å². The van der Waals surface area contributed by atoms with Crippen molar-refractivity contribution in [3.05, 3.63) is 0 Å². The molecule has 9 atom stereocenters. The van der Waals surface area contributed by atoms with Gasteiger partial charge in [0.15, 0.2) is 0 Å². The third-order valence-electron chi connectivity index (χ3n) is 10.8. The van der Waals surface area contributed by atoms with E-state index in [-0.39, 0.29) is 11.6 Å². The van der Waals surface area contributed by atoms with E-state index in [0.717, 1.165) is 54.3 Å². The Morgan fingerprint density at radius 2 is 1.52 bits per heavy atom. The van der Waals surface area contributed by atoms with Crippen molar-refractivity contribution in [3.63, 3.8) is 0 Å². The molecule has 3 N–H and O–H groups in total. The summed E-state index contributed by atoms with van der Waals surface area (Å²) in [7, 11) is 0. The summed E-state index contributed by atoms with van der Waals surface area (Å²) in [5.74, 6) is 6.49. The fourth-order valence-corrected chi connectivity index (χ4v) is 9.26. The van der Waals surface area contributed by atoms with Gasteiger partial charge < -0.3 is 10.6 Å². The molecule has 4 aliphatic carbocycles. The highest BCUT2D eigenvalue weighted by molar-refractivity contribution is 5.09. The maximum absolute atomic E-state index is 10.3. The Balaban J connectivity index is 0.00000240. The highest BCUT2D eigenvalue weighted by Gasteiger charge is 2.60. The molecule has 0 bridgehead atoms. The molecule has 0 saturated heterocycles. The van der Waals surface area contributed by atoms with Crippen molar-refractivity contribution in [1.82, 2.24) is 0 Å². The van der Waals surface area contributed by atoms with Crippen molar-refractivity contribution < 1.29 is 10.6 Å². The fraction of sp³-hybridized carbons (Fsp3) is 1.00. The minimum absolute atomic E-state index is 0. The number of rotatable bonds is 5. The smallest absolute Gasteiger partial charge is 0.0543 e. The Bertz CT molecular complexity index is 545. The molecule has 2 heteroatoms. The molecule has 0 aromatic carbocycles. The average Bonchev–Trinajstić information content (AvgIpc) is 2.99. The number of fused-ring (bicyclic) bond motifs is 5. The normalized spacial score (nSPS) is 47.7. The van der Waals surface area contributed by atoms with E-state index in [1.807, 2.05) is 0 Å². The molecule has 0 spiro atoms. The molecule has 0 aliphatic heterocycles. The van der Waals surface area contributed by atoms with E-state index in [1.54, 1.807) is 0 Å². The van der Waals surface area contributed by atoms with E-state index in [2.05, 4.69) is 34.6 Å². The van der Waals surface area contributed by atoms with Crippen molar-refractivity contribution >= 4 is 0 Å². The molecule has 4 rings (SSSR count). The Kier molecular flexibility index (Phi) is 7.16. The molecule has 4 fully saturated rings. The van der Waals surface area contributed by atoms with Gasteiger partial charge in [0.25, 0.3) is 0 Å². The van der Waals surface area contributed by atoms with Crippen LogP contribution in [0, 0.1) is 52.3 Å². The summed E-state index contributed by atoms with van der Waals surface area (Å²) in [4.78, 5) is 0. The molecule has 0 aromatic rings. The van der Waals surface area contributed by atoms with Gasteiger partial charge in [0, 0.05) is 0 Å². The van der Waals surface area contributed by atoms with Crippen molar-refractivity contribution in [2.24, 2.45) is 52.3 Å². The van der Waals surface area contributed by atoms with Crippen LogP contribution in [-0.2, 0) is 0 Å². The van der Waals surface area contributed by atoms with Crippen LogP contribution in [0.15, 0.2) is 0 Å². The zero-order valence-corrected chi connectivity index (χ0v) is 20.1. The number of aliphatic hydroxyl groups excluding tert-OH is 1. The predicted molar refractivity (Wildman–Crippen MR) is 123 cm³/mol. The molecular weight excluding hydrogens is 356 g/mol. The molecule has 29 heavy (non-hydrogen) atoms. The molecule has 0 radical (unpaired) electrons. The first kappa shape index (κ1) is 23.6. The van der Waals surface area contributed by atoms with E-state index >= 15 is 0 Å². The minimum Gasteiger partial charge on any atom is -0.412 e. The first-order chi connectivity index (χ1) is 13.3. The lowest BCUT2D eigenvalue weighted by molar-refractivity contribution is -0.129. The molecular formula is C27H50O2. The SMILES string of the molecule is CC(C)CCC[C@@H](C)[C@H]1CC[C@H]2[C@@H]3CC[C@H]4C[C@@H](O)CC[C@]4(C)[C@H]3CC[C@]12C.O. The van der Waals surface area contributed by atoms with E-state index < -0.39 is 0 Å². The van der Waals surface area contributed by atoms with Crippen LogP contribution in [0.3, 0.4) is 0 Å². The maximum atomic E-state index is 10.3. The van der Waals surface area contributed by atoms with Crippen LogP contribution in [-0.4, -0.2) is 16.7 Å². The highest BCUT2D eigenvalue weighted by atomic mass is 16.3. The van der Waals surface area contributed by atoms with Crippen molar-refractivity contribution in [1.29, 1.82) is 0 Å². The van der Waals surface area contributed by atoms with Gasteiger partial charge in [0.1, 0.15) is 0 Å². The second-order valence-corrected chi connectivity index (χ2v) is 12.6. The molecule has 0 aromatic heterocycles. The standard InChI is InChI=1S/C27H48O.H2O/c1-18(2)7-6-8-19(3)23-11-12-24-22-10-9-20-17-21(28)13-15-26(20,4)25(22)14-16-27(23,24)5;/h18-25,28H,6-17H2,1-5H3;1H2/t19-,20+,21+,22+,23-,24+,25+,26+,27-;/m1./s1. The first-order valence-corrected chi connectivity index (χ1v) is 12.9. The summed E-state index contributed by atoms with van der Waals surface area (Å²) >= 11 is 0. The van der Waals surface area contributed by atoms with Crippen LogP contribution in [0.1, 0.15) is 112 Å². The summed E-state index contributed by atoms with van der Waals surface area (Å²) in [5.41, 5.74) is 1.15. The quantitative estimate of drug-likeness (QED) is 0.546. The van der Waals surface area contributed by atoms with Crippen LogP contribution >= 0.6 is 0 Å². The van der Waals surface area contributed by atoms with Gasteiger partial charge in [0.05, 0.1) is 6.10 Å². The molecule has 0 heterocycles. The zero-order valence-electron chi connectivity index (χ0n) is 20.1. The number of hydrogen-bond acceptors (Lipinski definition) is 1. The summed E-state index contributed by atoms with van der Waals surface area (Å²) < 4.78 is 0. The van der Waals surface area contributed by atoms with Crippen molar-refractivity contribution in [2.45, 2.75) is 118 Å². The third kappa shape index (κ3) is 4.07. The van der Waals surface area contributed by atoms with Crippen LogP contribution in [0.25, 0.3) is 0 Å². The van der Waals surface area contributed by atoms with Crippen molar-refractivity contribution in [3.8, 4) is 0 Å². The lowest BCUT2D eigenvalue weighted by Crippen LogP contribution is -2.54. The minimum atomic E-state index is -0.00830. The van der Waals surface area contributed by atoms with Crippen molar-refractivity contribution in [2.75, 3.05) is 0 Å². The van der Waals surface area contributed by atoms with Gasteiger partial charge in [0.2, 0.25) is 0 Å². The highest BCUT2D eigenvalue weighted by Crippen LogP contribution is 2.68. The van der Waals surface area contributed by atoms with Gasteiger partial charge >= 0.3 is 0 Å². The van der Waals surface area contributed by atoms with Gasteiger partial charge in [-0.1, -0.05) is 53.9 Å². The summed E-state index contributed by atoms with van der Waals surface area (Å²) in [6, 6.07) is 0. The van der Waals surface area contributed by atoms with Gasteiger partial charge in [-0.25, -0.2) is 0 Å². The van der Waals surface area contributed by atoms with Gasteiger partial charge in [-0.15, -0.1) is 0 Å². The van der Waals surface area contributed by atoms with Crippen LogP contribution in [0.4, 0.5) is 0 Å². The lowest BCUT2D eigenvalue weighted by atomic mass is 9.44. The summed E-state index contributed by atoms with van der Waals surface area (Å²) in [6.45, 7) is 12.7. The molecule has 0 amide bonds. The Labute approximate surface area is 180 Å². The monoisotopic (exact) mass is 406 g/mol. The number of aliphatic hydroxyl groups is 1. The largest absolute Gasteiger partial charge is 0.412 e. The zero-order chi connectivity index (χ0) is 20.1. The Morgan fingerprint density at radius 3 is 2.24 bits per heavy atom. The lowest BCUT2D eigenvalue weighted by Gasteiger charge is -2.61. The Hall–Kier alpha value is -0.0800. The molecule has 170 valence electrons. The maximum Gasteiger partial charge on any atom is 0.0543 e. The molecule has 2 nitrogen and oxygen atoms in total. The predicted octanol–water partition coefficient (Wildman–Crippen LogP) is 6.64. The van der Waals surface area contributed by atoms with E-state index in [9.17, 15) is 5.11 Å². The Morgan fingerprint density at radius 1 is 0.828 bits per heavy atom. The van der Waals surface area contributed by atoms with E-state index in [4.69, 9.17) is 0 Å². The third-order valence-corrected chi connectivity index (χ3v) is 10.8. The van der Waals surface area contributed by atoms with Gasteiger partial charge in [-0.3, -0.25) is 0 Å². The van der Waals surface area contributed by atoms with E-state index in [0.29, 0.717) is 10.8 Å². The molecule has 4 aliphatic rings. The summed E-state index contributed by atoms with van der Waals surface area (Å²) in [6.07, 6.45) is 16.6. The topological polar surface area (TPSA) is 51.7 Å². The second-order valence-electron chi connectivity index (χ2n) is 12.6.